The fraction of sp³-hybridized carbons (Fsp3) is 0.0952. The molecule has 2 heterocycles. The van der Waals surface area contributed by atoms with Gasteiger partial charge in [0.05, 0.1) is 28.0 Å². The van der Waals surface area contributed by atoms with Crippen molar-refractivity contribution in [3.63, 3.8) is 0 Å². The van der Waals surface area contributed by atoms with Crippen LogP contribution in [0.2, 0.25) is 10.0 Å². The summed E-state index contributed by atoms with van der Waals surface area (Å²) in [5.74, 6) is -0.239. The van der Waals surface area contributed by atoms with E-state index < -0.39 is 17.8 Å². The highest BCUT2D eigenvalue weighted by Crippen LogP contribution is 2.35. The number of hydrogen-bond acceptors (Lipinski definition) is 4. The number of methoxy groups -OCH3 is 1. The van der Waals surface area contributed by atoms with Gasteiger partial charge in [-0.2, -0.15) is 18.3 Å². The number of rotatable bonds is 4. The molecule has 170 valence electrons. The fourth-order valence-corrected chi connectivity index (χ4v) is 3.99. The molecule has 0 aliphatic heterocycles. The van der Waals surface area contributed by atoms with Gasteiger partial charge in [0.2, 0.25) is 0 Å². The summed E-state index contributed by atoms with van der Waals surface area (Å²) in [5, 5.41) is 6.90. The summed E-state index contributed by atoms with van der Waals surface area (Å²) in [7, 11) is 1.48. The molecule has 0 radical (unpaired) electrons. The summed E-state index contributed by atoms with van der Waals surface area (Å²) in [5.41, 5.74) is -0.879. The van der Waals surface area contributed by atoms with Crippen molar-refractivity contribution in [1.29, 1.82) is 0 Å². The molecule has 2 aromatic carbocycles. The minimum absolute atomic E-state index is 0.00838. The summed E-state index contributed by atoms with van der Waals surface area (Å²) >= 11 is 15.1. The normalized spacial score (nSPS) is 11.6. The highest BCUT2D eigenvalue weighted by atomic mass is 79.9. The van der Waals surface area contributed by atoms with Crippen molar-refractivity contribution in [2.45, 2.75) is 6.18 Å². The van der Waals surface area contributed by atoms with Crippen molar-refractivity contribution in [3.05, 3.63) is 74.4 Å². The second kappa shape index (κ2) is 8.85. The maximum atomic E-state index is 13.9. The number of amides is 1. The van der Waals surface area contributed by atoms with Gasteiger partial charge in [-0.25, -0.2) is 9.50 Å². The first-order valence-electron chi connectivity index (χ1n) is 9.16. The molecular weight excluding hydrogens is 548 g/mol. The third-order valence-corrected chi connectivity index (χ3v) is 5.88. The van der Waals surface area contributed by atoms with Crippen LogP contribution >= 0.6 is 39.1 Å². The zero-order valence-corrected chi connectivity index (χ0v) is 19.6. The Kier molecular flexibility index (Phi) is 6.26. The summed E-state index contributed by atoms with van der Waals surface area (Å²) in [6.45, 7) is 0. The maximum absolute atomic E-state index is 13.9. The lowest BCUT2D eigenvalue weighted by molar-refractivity contribution is -0.142. The van der Waals surface area contributed by atoms with E-state index in [4.69, 9.17) is 27.9 Å². The molecule has 1 N–H and O–H groups in total. The number of halogens is 6. The van der Waals surface area contributed by atoms with Gasteiger partial charge in [-0.1, -0.05) is 23.2 Å². The Balaban J connectivity index is 1.82. The standard InChI is InChI=1S/C21H12BrCl2F3N4O2/c1-33-12-5-2-10(3-6-12)15-9-16(21(25,26)27)31-19(28-15)17(22)18(30-31)20(32)29-14-7-4-11(23)8-13(14)24/h2-9H,1H3,(H,29,32). The zero-order valence-electron chi connectivity index (χ0n) is 16.5. The Labute approximate surface area is 203 Å². The average Bonchev–Trinajstić information content (AvgIpc) is 3.11. The molecule has 0 saturated carbocycles. The van der Waals surface area contributed by atoms with E-state index in [0.29, 0.717) is 20.9 Å². The van der Waals surface area contributed by atoms with E-state index in [9.17, 15) is 18.0 Å². The molecular formula is C21H12BrCl2F3N4O2. The highest BCUT2D eigenvalue weighted by Gasteiger charge is 2.36. The monoisotopic (exact) mass is 558 g/mol. The number of carbonyl (C=O) groups excluding carboxylic acids is 1. The van der Waals surface area contributed by atoms with Gasteiger partial charge in [0.15, 0.2) is 17.0 Å². The number of anilines is 1. The molecule has 33 heavy (non-hydrogen) atoms. The molecule has 0 aliphatic rings. The zero-order chi connectivity index (χ0) is 23.9. The highest BCUT2D eigenvalue weighted by molar-refractivity contribution is 9.10. The van der Waals surface area contributed by atoms with Gasteiger partial charge in [-0.3, -0.25) is 4.79 Å². The topological polar surface area (TPSA) is 68.5 Å². The van der Waals surface area contributed by atoms with Gasteiger partial charge < -0.3 is 10.1 Å². The number of nitrogens with zero attached hydrogens (tertiary/aromatic N) is 3. The molecule has 0 unspecified atom stereocenters. The lowest BCUT2D eigenvalue weighted by atomic mass is 10.1. The lowest BCUT2D eigenvalue weighted by Gasteiger charge is -2.11. The molecule has 0 bridgehead atoms. The largest absolute Gasteiger partial charge is 0.497 e. The third-order valence-electron chi connectivity index (χ3n) is 4.60. The lowest BCUT2D eigenvalue weighted by Crippen LogP contribution is -2.16. The van der Waals surface area contributed by atoms with Crippen molar-refractivity contribution >= 4 is 56.4 Å². The molecule has 0 aliphatic carbocycles. The van der Waals surface area contributed by atoms with Crippen molar-refractivity contribution in [2.75, 3.05) is 12.4 Å². The summed E-state index contributed by atoms with van der Waals surface area (Å²) in [6, 6.07) is 11.6. The van der Waals surface area contributed by atoms with Crippen LogP contribution in [0.5, 0.6) is 5.75 Å². The first-order chi connectivity index (χ1) is 15.6. The number of nitrogens with one attached hydrogen (secondary N) is 1. The summed E-state index contributed by atoms with van der Waals surface area (Å²) in [6.07, 6.45) is -4.76. The van der Waals surface area contributed by atoms with Crippen LogP contribution in [-0.4, -0.2) is 27.6 Å². The van der Waals surface area contributed by atoms with Crippen LogP contribution in [-0.2, 0) is 6.18 Å². The number of hydrogen-bond donors (Lipinski definition) is 1. The molecule has 0 spiro atoms. The number of aromatic nitrogens is 3. The second-order valence-corrected chi connectivity index (χ2v) is 8.37. The summed E-state index contributed by atoms with van der Waals surface area (Å²) < 4.78 is 47.2. The van der Waals surface area contributed by atoms with Crippen LogP contribution < -0.4 is 10.1 Å². The number of fused-ring (bicyclic) bond motifs is 1. The van der Waals surface area contributed by atoms with E-state index in [0.717, 1.165) is 6.07 Å². The van der Waals surface area contributed by atoms with Crippen LogP contribution in [0.1, 0.15) is 16.2 Å². The maximum Gasteiger partial charge on any atom is 0.433 e. The van der Waals surface area contributed by atoms with Crippen LogP contribution in [0.4, 0.5) is 18.9 Å². The van der Waals surface area contributed by atoms with E-state index in [1.54, 1.807) is 24.3 Å². The Bertz CT molecular complexity index is 1370. The van der Waals surface area contributed by atoms with Gasteiger partial charge in [0, 0.05) is 10.6 Å². The Morgan fingerprint density at radius 1 is 1.12 bits per heavy atom. The van der Waals surface area contributed by atoms with Crippen molar-refractivity contribution in [2.24, 2.45) is 0 Å². The summed E-state index contributed by atoms with van der Waals surface area (Å²) in [4.78, 5) is 17.1. The van der Waals surface area contributed by atoms with E-state index in [1.165, 1.54) is 25.3 Å². The molecule has 6 nitrogen and oxygen atoms in total. The fourth-order valence-electron chi connectivity index (χ4n) is 3.02. The molecule has 12 heteroatoms. The number of ether oxygens (including phenoxy) is 1. The number of benzene rings is 2. The third kappa shape index (κ3) is 4.64. The van der Waals surface area contributed by atoms with E-state index in [2.05, 4.69) is 31.3 Å². The van der Waals surface area contributed by atoms with Crippen molar-refractivity contribution < 1.29 is 22.7 Å². The molecule has 0 saturated heterocycles. The molecule has 0 atom stereocenters. The van der Waals surface area contributed by atoms with Crippen LogP contribution in [0, 0.1) is 0 Å². The van der Waals surface area contributed by atoms with Crippen LogP contribution in [0.3, 0.4) is 0 Å². The van der Waals surface area contributed by atoms with Crippen molar-refractivity contribution in [3.8, 4) is 17.0 Å². The molecule has 4 rings (SSSR count). The van der Waals surface area contributed by atoms with Crippen molar-refractivity contribution in [1.82, 2.24) is 14.6 Å². The molecule has 1 amide bonds. The van der Waals surface area contributed by atoms with E-state index in [-0.39, 0.29) is 32.2 Å². The smallest absolute Gasteiger partial charge is 0.433 e. The number of alkyl halides is 3. The van der Waals surface area contributed by atoms with Gasteiger partial charge >= 0.3 is 6.18 Å². The van der Waals surface area contributed by atoms with Gasteiger partial charge in [0.25, 0.3) is 5.91 Å². The molecule has 2 aromatic heterocycles. The Morgan fingerprint density at radius 2 is 1.82 bits per heavy atom. The molecule has 0 fully saturated rings. The minimum atomic E-state index is -4.76. The first-order valence-corrected chi connectivity index (χ1v) is 10.7. The molecule has 4 aromatic rings. The predicted molar refractivity (Wildman–Crippen MR) is 122 cm³/mol. The quantitative estimate of drug-likeness (QED) is 0.300. The van der Waals surface area contributed by atoms with Crippen LogP contribution in [0.25, 0.3) is 16.9 Å². The number of carbonyl (C=O) groups is 1. The Hall–Kier alpha value is -2.82. The van der Waals surface area contributed by atoms with E-state index in [1.807, 2.05) is 0 Å². The average molecular weight is 560 g/mol. The minimum Gasteiger partial charge on any atom is -0.497 e. The van der Waals surface area contributed by atoms with Gasteiger partial charge in [-0.05, 0) is 64.5 Å². The predicted octanol–water partition coefficient (Wildman–Crippen LogP) is 6.75. The first kappa shape index (κ1) is 23.3. The van der Waals surface area contributed by atoms with Gasteiger partial charge in [0.1, 0.15) is 5.75 Å². The second-order valence-electron chi connectivity index (χ2n) is 6.73. The van der Waals surface area contributed by atoms with Crippen LogP contribution in [0.15, 0.2) is 53.0 Å². The Morgan fingerprint density at radius 3 is 2.42 bits per heavy atom. The van der Waals surface area contributed by atoms with E-state index >= 15 is 0 Å². The SMILES string of the molecule is COc1ccc(-c2cc(C(F)(F)F)n3nc(C(=O)Nc4ccc(Cl)cc4Cl)c(Br)c3n2)cc1. The van der Waals surface area contributed by atoms with Gasteiger partial charge in [-0.15, -0.1) is 0 Å².